The minimum atomic E-state index is -4.62. The van der Waals surface area contributed by atoms with E-state index in [0.29, 0.717) is 5.75 Å². The second-order valence-corrected chi connectivity index (χ2v) is 3.85. The van der Waals surface area contributed by atoms with E-state index in [2.05, 4.69) is 0 Å². The summed E-state index contributed by atoms with van der Waals surface area (Å²) in [6.07, 6.45) is -4.62. The molecule has 0 unspecified atom stereocenters. The van der Waals surface area contributed by atoms with Gasteiger partial charge in [-0.25, -0.2) is 4.39 Å². The quantitative estimate of drug-likeness (QED) is 0.541. The second-order valence-electron chi connectivity index (χ2n) is 2.54. The van der Waals surface area contributed by atoms with E-state index in [1.165, 1.54) is 12.1 Å². The molecule has 0 radical (unpaired) electrons. The highest BCUT2D eigenvalue weighted by atomic mass is 32.2. The van der Waals surface area contributed by atoms with Gasteiger partial charge in [0.1, 0.15) is 11.4 Å². The average Bonchev–Trinajstić information content (AvgIpc) is 2.02. The van der Waals surface area contributed by atoms with E-state index in [1.54, 1.807) is 6.92 Å². The van der Waals surface area contributed by atoms with Crippen LogP contribution >= 0.6 is 11.8 Å². The number of benzene rings is 1. The van der Waals surface area contributed by atoms with E-state index < -0.39 is 17.6 Å². The van der Waals surface area contributed by atoms with Crippen molar-refractivity contribution in [2.24, 2.45) is 0 Å². The standard InChI is InChI=1S/C9H8F4S/c1-2-14-7-5-3-4-6(10)8(7)9(11,12)13/h3-5H,2H2,1H3. The van der Waals surface area contributed by atoms with Gasteiger partial charge in [-0.05, 0) is 17.9 Å². The van der Waals surface area contributed by atoms with Gasteiger partial charge in [-0.2, -0.15) is 13.2 Å². The molecule has 78 valence electrons. The Morgan fingerprint density at radius 2 is 1.93 bits per heavy atom. The fraction of sp³-hybridized carbons (Fsp3) is 0.333. The number of hydrogen-bond acceptors (Lipinski definition) is 1. The Balaban J connectivity index is 3.22. The number of hydrogen-bond donors (Lipinski definition) is 0. The third-order valence-electron chi connectivity index (χ3n) is 1.56. The Kier molecular flexibility index (Phi) is 3.42. The van der Waals surface area contributed by atoms with Crippen LogP contribution in [0.3, 0.4) is 0 Å². The SMILES string of the molecule is CCSc1cccc(F)c1C(F)(F)F. The van der Waals surface area contributed by atoms with Crippen molar-refractivity contribution in [1.29, 1.82) is 0 Å². The van der Waals surface area contributed by atoms with Gasteiger partial charge < -0.3 is 0 Å². The molecular formula is C9H8F4S. The summed E-state index contributed by atoms with van der Waals surface area (Å²) in [5, 5.41) is 0. The Hall–Kier alpha value is -0.710. The number of alkyl halides is 3. The van der Waals surface area contributed by atoms with Crippen molar-refractivity contribution in [3.8, 4) is 0 Å². The van der Waals surface area contributed by atoms with Crippen molar-refractivity contribution in [2.75, 3.05) is 5.75 Å². The third kappa shape index (κ3) is 2.41. The van der Waals surface area contributed by atoms with Crippen LogP contribution in [0.1, 0.15) is 12.5 Å². The summed E-state index contributed by atoms with van der Waals surface area (Å²) in [5.74, 6) is -0.733. The van der Waals surface area contributed by atoms with Crippen molar-refractivity contribution in [3.05, 3.63) is 29.6 Å². The summed E-state index contributed by atoms with van der Waals surface area (Å²) in [5.41, 5.74) is -1.16. The Bertz CT molecular complexity index is 319. The fourth-order valence-corrected chi connectivity index (χ4v) is 1.90. The molecule has 0 heterocycles. The van der Waals surface area contributed by atoms with Gasteiger partial charge in [-0.3, -0.25) is 0 Å². The molecule has 0 aliphatic heterocycles. The zero-order valence-corrected chi connectivity index (χ0v) is 8.18. The largest absolute Gasteiger partial charge is 0.420 e. The normalized spacial score (nSPS) is 11.8. The van der Waals surface area contributed by atoms with Crippen LogP contribution in [0, 0.1) is 5.82 Å². The molecule has 0 saturated carbocycles. The van der Waals surface area contributed by atoms with E-state index in [1.807, 2.05) is 0 Å². The van der Waals surface area contributed by atoms with Crippen LogP contribution in [-0.2, 0) is 6.18 Å². The van der Waals surface area contributed by atoms with Crippen molar-refractivity contribution in [3.63, 3.8) is 0 Å². The smallest absolute Gasteiger partial charge is 0.206 e. The predicted molar refractivity (Wildman–Crippen MR) is 47.8 cm³/mol. The molecule has 1 rings (SSSR count). The lowest BCUT2D eigenvalue weighted by Gasteiger charge is -2.12. The van der Waals surface area contributed by atoms with Crippen LogP contribution in [0.15, 0.2) is 23.1 Å². The first-order valence-electron chi connectivity index (χ1n) is 3.95. The Labute approximate surface area is 83.3 Å². The second kappa shape index (κ2) is 4.21. The lowest BCUT2D eigenvalue weighted by molar-refractivity contribution is -0.142. The monoisotopic (exact) mass is 224 g/mol. The van der Waals surface area contributed by atoms with Gasteiger partial charge >= 0.3 is 6.18 Å². The molecule has 0 fully saturated rings. The number of rotatable bonds is 2. The van der Waals surface area contributed by atoms with Crippen molar-refractivity contribution >= 4 is 11.8 Å². The topological polar surface area (TPSA) is 0 Å². The van der Waals surface area contributed by atoms with Gasteiger partial charge in [0.05, 0.1) is 0 Å². The van der Waals surface area contributed by atoms with Crippen LogP contribution in [0.4, 0.5) is 17.6 Å². The van der Waals surface area contributed by atoms with Crippen molar-refractivity contribution < 1.29 is 17.6 Å². The number of thioether (sulfide) groups is 1. The molecule has 1 aromatic rings. The molecule has 14 heavy (non-hydrogen) atoms. The Morgan fingerprint density at radius 1 is 1.29 bits per heavy atom. The molecule has 0 aliphatic rings. The minimum Gasteiger partial charge on any atom is -0.206 e. The molecule has 0 spiro atoms. The van der Waals surface area contributed by atoms with E-state index >= 15 is 0 Å². The van der Waals surface area contributed by atoms with Gasteiger partial charge in [0, 0.05) is 4.90 Å². The van der Waals surface area contributed by atoms with E-state index in [0.717, 1.165) is 17.8 Å². The molecule has 0 aliphatic carbocycles. The Morgan fingerprint density at radius 3 is 2.43 bits per heavy atom. The summed E-state index contributed by atoms with van der Waals surface area (Å²) in [6.45, 7) is 1.72. The average molecular weight is 224 g/mol. The maximum atomic E-state index is 12.9. The van der Waals surface area contributed by atoms with E-state index in [-0.39, 0.29) is 4.90 Å². The highest BCUT2D eigenvalue weighted by Crippen LogP contribution is 2.38. The van der Waals surface area contributed by atoms with E-state index in [4.69, 9.17) is 0 Å². The van der Waals surface area contributed by atoms with Crippen LogP contribution < -0.4 is 0 Å². The van der Waals surface area contributed by atoms with Crippen LogP contribution in [0.5, 0.6) is 0 Å². The van der Waals surface area contributed by atoms with Crippen LogP contribution in [0.25, 0.3) is 0 Å². The molecule has 0 nitrogen and oxygen atoms in total. The first-order chi connectivity index (χ1) is 6.46. The lowest BCUT2D eigenvalue weighted by Crippen LogP contribution is -2.09. The maximum absolute atomic E-state index is 12.9. The summed E-state index contributed by atoms with van der Waals surface area (Å²) >= 11 is 0.983. The lowest BCUT2D eigenvalue weighted by atomic mass is 10.2. The summed E-state index contributed by atoms with van der Waals surface area (Å²) in [6, 6.07) is 3.38. The fourth-order valence-electron chi connectivity index (χ4n) is 1.06. The molecule has 0 N–H and O–H groups in total. The van der Waals surface area contributed by atoms with Gasteiger partial charge in [0.2, 0.25) is 0 Å². The van der Waals surface area contributed by atoms with Crippen LogP contribution in [0.2, 0.25) is 0 Å². The minimum absolute atomic E-state index is 0.0556. The predicted octanol–water partition coefficient (Wildman–Crippen LogP) is 3.96. The molecule has 1 aromatic carbocycles. The number of halogens is 4. The summed E-state index contributed by atoms with van der Waals surface area (Å²) < 4.78 is 50.1. The molecule has 5 heteroatoms. The summed E-state index contributed by atoms with van der Waals surface area (Å²) in [4.78, 5) is -0.0556. The first kappa shape index (κ1) is 11.4. The first-order valence-corrected chi connectivity index (χ1v) is 4.94. The highest BCUT2D eigenvalue weighted by Gasteiger charge is 2.36. The zero-order chi connectivity index (χ0) is 10.8. The molecular weight excluding hydrogens is 216 g/mol. The van der Waals surface area contributed by atoms with Crippen LogP contribution in [-0.4, -0.2) is 5.75 Å². The van der Waals surface area contributed by atoms with E-state index in [9.17, 15) is 17.6 Å². The molecule has 0 aromatic heterocycles. The van der Waals surface area contributed by atoms with Gasteiger partial charge in [0.25, 0.3) is 0 Å². The summed E-state index contributed by atoms with van der Waals surface area (Å²) in [7, 11) is 0. The van der Waals surface area contributed by atoms with Gasteiger partial charge in [-0.1, -0.05) is 13.0 Å². The molecule has 0 atom stereocenters. The van der Waals surface area contributed by atoms with Gasteiger partial charge in [-0.15, -0.1) is 11.8 Å². The van der Waals surface area contributed by atoms with Crippen molar-refractivity contribution in [1.82, 2.24) is 0 Å². The van der Waals surface area contributed by atoms with Gasteiger partial charge in [0.15, 0.2) is 0 Å². The molecule has 0 amide bonds. The molecule has 0 saturated heterocycles. The molecule has 0 bridgehead atoms. The van der Waals surface area contributed by atoms with Crippen molar-refractivity contribution in [2.45, 2.75) is 18.0 Å². The third-order valence-corrected chi connectivity index (χ3v) is 2.50. The maximum Gasteiger partial charge on any atom is 0.420 e. The zero-order valence-electron chi connectivity index (χ0n) is 7.36. The highest BCUT2D eigenvalue weighted by molar-refractivity contribution is 7.99.